The fraction of sp³-hybridized carbons (Fsp3) is 0.222. The van der Waals surface area contributed by atoms with Gasteiger partial charge in [0.2, 0.25) is 0 Å². The highest BCUT2D eigenvalue weighted by molar-refractivity contribution is 5.51. The third kappa shape index (κ3) is 1.46. The summed E-state index contributed by atoms with van der Waals surface area (Å²) in [4.78, 5) is 4.13. The van der Waals surface area contributed by atoms with Crippen molar-refractivity contribution >= 4 is 6.08 Å². The first-order chi connectivity index (χ1) is 5.29. The van der Waals surface area contributed by atoms with Crippen LogP contribution in [0.4, 0.5) is 0 Å². The number of aromatic nitrogens is 1. The van der Waals surface area contributed by atoms with Gasteiger partial charge in [0.05, 0.1) is 5.69 Å². The molecule has 1 rings (SSSR count). The summed E-state index contributed by atoms with van der Waals surface area (Å²) in [5, 5.41) is 0. The Hall–Kier alpha value is -1.15. The highest BCUT2D eigenvalue weighted by atomic mass is 14.7. The molecule has 0 saturated carbocycles. The van der Waals surface area contributed by atoms with Crippen LogP contribution < -0.4 is 5.73 Å². The van der Waals surface area contributed by atoms with Crippen LogP contribution in [0, 0.1) is 6.92 Å². The Labute approximate surface area is 66.8 Å². The lowest BCUT2D eigenvalue weighted by molar-refractivity contribution is 0.966. The molecule has 0 saturated heterocycles. The Bertz CT molecular complexity index is 266. The van der Waals surface area contributed by atoms with Gasteiger partial charge < -0.3 is 5.73 Å². The molecule has 0 amide bonds. The molecule has 0 fully saturated rings. The second-order valence-electron chi connectivity index (χ2n) is 2.38. The molecule has 0 spiro atoms. The predicted molar refractivity (Wildman–Crippen MR) is 47.0 cm³/mol. The minimum absolute atomic E-state index is 0.494. The van der Waals surface area contributed by atoms with E-state index >= 15 is 0 Å². The van der Waals surface area contributed by atoms with Gasteiger partial charge in [0.1, 0.15) is 0 Å². The highest BCUT2D eigenvalue weighted by Gasteiger charge is 1.99. The molecular weight excluding hydrogens is 136 g/mol. The number of rotatable bonds is 2. The van der Waals surface area contributed by atoms with E-state index < -0.39 is 0 Å². The predicted octanol–water partition coefficient (Wildman–Crippen LogP) is 1.49. The zero-order valence-corrected chi connectivity index (χ0v) is 6.67. The van der Waals surface area contributed by atoms with Gasteiger partial charge in [-0.15, -0.1) is 0 Å². The largest absolute Gasteiger partial charge is 0.325 e. The standard InChI is InChI=1S/C9H12N2/c1-3-8-4-5-11-9(6-10)7(8)2/h3-5H,1,6,10H2,2H3. The fourth-order valence-electron chi connectivity index (χ4n) is 1.02. The van der Waals surface area contributed by atoms with Gasteiger partial charge in [-0.1, -0.05) is 12.7 Å². The van der Waals surface area contributed by atoms with Crippen molar-refractivity contribution < 1.29 is 0 Å². The Kier molecular flexibility index (Phi) is 2.39. The third-order valence-electron chi connectivity index (χ3n) is 1.76. The van der Waals surface area contributed by atoms with Crippen LogP contribution >= 0.6 is 0 Å². The first-order valence-electron chi connectivity index (χ1n) is 3.56. The number of nitrogens with two attached hydrogens (primary N) is 1. The van der Waals surface area contributed by atoms with E-state index in [9.17, 15) is 0 Å². The summed E-state index contributed by atoms with van der Waals surface area (Å²) >= 11 is 0. The van der Waals surface area contributed by atoms with Crippen molar-refractivity contribution in [1.29, 1.82) is 0 Å². The lowest BCUT2D eigenvalue weighted by atomic mass is 10.1. The van der Waals surface area contributed by atoms with Gasteiger partial charge in [-0.25, -0.2) is 0 Å². The van der Waals surface area contributed by atoms with Crippen molar-refractivity contribution in [3.05, 3.63) is 35.7 Å². The lowest BCUT2D eigenvalue weighted by Crippen LogP contribution is -2.02. The maximum absolute atomic E-state index is 5.48. The molecule has 0 bridgehead atoms. The molecule has 2 N–H and O–H groups in total. The second-order valence-corrected chi connectivity index (χ2v) is 2.38. The van der Waals surface area contributed by atoms with Crippen molar-refractivity contribution in [2.75, 3.05) is 0 Å². The van der Waals surface area contributed by atoms with Crippen LogP contribution in [0.1, 0.15) is 16.8 Å². The Morgan fingerprint density at radius 1 is 1.73 bits per heavy atom. The smallest absolute Gasteiger partial charge is 0.0574 e. The topological polar surface area (TPSA) is 38.9 Å². The van der Waals surface area contributed by atoms with Crippen LogP contribution in [0.25, 0.3) is 6.08 Å². The van der Waals surface area contributed by atoms with Gasteiger partial charge in [0, 0.05) is 12.7 Å². The molecule has 0 aromatic carbocycles. The Morgan fingerprint density at radius 2 is 2.45 bits per heavy atom. The van der Waals surface area contributed by atoms with Gasteiger partial charge in [-0.05, 0) is 24.1 Å². The van der Waals surface area contributed by atoms with Crippen LogP contribution in [-0.4, -0.2) is 4.98 Å². The molecule has 2 nitrogen and oxygen atoms in total. The molecule has 1 aromatic rings. The first kappa shape index (κ1) is 7.95. The van der Waals surface area contributed by atoms with E-state index in [2.05, 4.69) is 11.6 Å². The normalized spacial score (nSPS) is 9.64. The minimum atomic E-state index is 0.494. The molecule has 2 heteroatoms. The van der Waals surface area contributed by atoms with Crippen LogP contribution in [0.15, 0.2) is 18.8 Å². The van der Waals surface area contributed by atoms with E-state index in [1.54, 1.807) is 6.20 Å². The molecule has 0 aliphatic heterocycles. The van der Waals surface area contributed by atoms with Crippen molar-refractivity contribution in [3.8, 4) is 0 Å². The van der Waals surface area contributed by atoms with Crippen LogP contribution in [-0.2, 0) is 6.54 Å². The molecule has 0 radical (unpaired) electrons. The quantitative estimate of drug-likeness (QED) is 0.690. The minimum Gasteiger partial charge on any atom is -0.325 e. The fourth-order valence-corrected chi connectivity index (χ4v) is 1.02. The van der Waals surface area contributed by atoms with Crippen molar-refractivity contribution in [1.82, 2.24) is 4.98 Å². The molecule has 0 unspecified atom stereocenters. The van der Waals surface area contributed by atoms with Crippen LogP contribution in [0.3, 0.4) is 0 Å². The molecule has 0 aliphatic carbocycles. The van der Waals surface area contributed by atoms with Crippen molar-refractivity contribution in [3.63, 3.8) is 0 Å². The molecule has 1 aromatic heterocycles. The van der Waals surface area contributed by atoms with Crippen LogP contribution in [0.5, 0.6) is 0 Å². The number of nitrogens with zero attached hydrogens (tertiary/aromatic N) is 1. The molecular formula is C9H12N2. The van der Waals surface area contributed by atoms with Crippen molar-refractivity contribution in [2.24, 2.45) is 5.73 Å². The maximum Gasteiger partial charge on any atom is 0.0574 e. The Morgan fingerprint density at radius 3 is 3.00 bits per heavy atom. The summed E-state index contributed by atoms with van der Waals surface area (Å²) in [5.74, 6) is 0. The van der Waals surface area contributed by atoms with Gasteiger partial charge in [-0.3, -0.25) is 4.98 Å². The first-order valence-corrected chi connectivity index (χ1v) is 3.56. The summed E-state index contributed by atoms with van der Waals surface area (Å²) in [6.07, 6.45) is 3.57. The SMILES string of the molecule is C=Cc1ccnc(CN)c1C. The van der Waals surface area contributed by atoms with E-state index in [0.717, 1.165) is 16.8 Å². The second kappa shape index (κ2) is 3.30. The van der Waals surface area contributed by atoms with E-state index in [-0.39, 0.29) is 0 Å². The summed E-state index contributed by atoms with van der Waals surface area (Å²) in [6.45, 7) is 6.20. The summed E-state index contributed by atoms with van der Waals surface area (Å²) in [6, 6.07) is 1.93. The monoisotopic (exact) mass is 148 g/mol. The van der Waals surface area contributed by atoms with Gasteiger partial charge in [-0.2, -0.15) is 0 Å². The molecule has 0 aliphatic rings. The zero-order valence-electron chi connectivity index (χ0n) is 6.67. The van der Waals surface area contributed by atoms with E-state index in [4.69, 9.17) is 5.73 Å². The number of pyridine rings is 1. The van der Waals surface area contributed by atoms with E-state index in [1.807, 2.05) is 19.1 Å². The van der Waals surface area contributed by atoms with E-state index in [1.165, 1.54) is 0 Å². The third-order valence-corrected chi connectivity index (χ3v) is 1.76. The average molecular weight is 148 g/mol. The highest BCUT2D eigenvalue weighted by Crippen LogP contribution is 2.10. The summed E-state index contributed by atoms with van der Waals surface area (Å²) in [5.41, 5.74) is 8.67. The summed E-state index contributed by atoms with van der Waals surface area (Å²) < 4.78 is 0. The maximum atomic E-state index is 5.48. The zero-order chi connectivity index (χ0) is 8.27. The van der Waals surface area contributed by atoms with Gasteiger partial charge in [0.15, 0.2) is 0 Å². The number of hydrogen-bond acceptors (Lipinski definition) is 2. The molecule has 58 valence electrons. The van der Waals surface area contributed by atoms with Gasteiger partial charge in [0.25, 0.3) is 0 Å². The van der Waals surface area contributed by atoms with Crippen molar-refractivity contribution in [2.45, 2.75) is 13.5 Å². The average Bonchev–Trinajstić information content (AvgIpc) is 2.05. The molecule has 11 heavy (non-hydrogen) atoms. The van der Waals surface area contributed by atoms with Gasteiger partial charge >= 0.3 is 0 Å². The van der Waals surface area contributed by atoms with Crippen LogP contribution in [0.2, 0.25) is 0 Å². The molecule has 1 heterocycles. The Balaban J connectivity index is 3.20. The summed E-state index contributed by atoms with van der Waals surface area (Å²) in [7, 11) is 0. The molecule has 0 atom stereocenters. The van der Waals surface area contributed by atoms with E-state index in [0.29, 0.717) is 6.54 Å². The number of hydrogen-bond donors (Lipinski definition) is 1. The lowest BCUT2D eigenvalue weighted by Gasteiger charge is -2.03.